The number of nitrogens with two attached hydrogens (primary N) is 1. The van der Waals surface area contributed by atoms with Gasteiger partial charge in [0, 0.05) is 6.42 Å². The lowest BCUT2D eigenvalue weighted by Gasteiger charge is -2.19. The fourth-order valence-electron chi connectivity index (χ4n) is 2.33. The fraction of sp³-hybridized carbons (Fsp3) is 0.250. The molecule has 0 bridgehead atoms. The number of halogens is 1. The molecule has 0 fully saturated rings. The molecule has 3 rings (SSSR count). The van der Waals surface area contributed by atoms with Crippen LogP contribution in [0.2, 0.25) is 0 Å². The topological polar surface area (TPSA) is 64.7 Å². The SMILES string of the molecule is Cl.N[C@H](c1ccc2c(c1)OCO2)[C@@H](O)Cc1ccccc1. The van der Waals surface area contributed by atoms with Crippen LogP contribution in [0.15, 0.2) is 48.5 Å². The summed E-state index contributed by atoms with van der Waals surface area (Å²) < 4.78 is 10.6. The second kappa shape index (κ2) is 6.80. The van der Waals surface area contributed by atoms with E-state index >= 15 is 0 Å². The summed E-state index contributed by atoms with van der Waals surface area (Å²) in [6, 6.07) is 14.9. The number of ether oxygens (including phenoxy) is 2. The highest BCUT2D eigenvalue weighted by Gasteiger charge is 2.21. The zero-order valence-corrected chi connectivity index (χ0v) is 12.3. The molecule has 4 nitrogen and oxygen atoms in total. The van der Waals surface area contributed by atoms with E-state index in [9.17, 15) is 5.11 Å². The molecule has 2 aromatic carbocycles. The van der Waals surface area contributed by atoms with Crippen LogP contribution < -0.4 is 15.2 Å². The predicted molar refractivity (Wildman–Crippen MR) is 82.9 cm³/mol. The third-order valence-corrected chi connectivity index (χ3v) is 3.48. The van der Waals surface area contributed by atoms with Crippen molar-refractivity contribution in [3.63, 3.8) is 0 Å². The lowest BCUT2D eigenvalue weighted by atomic mass is 9.96. The van der Waals surface area contributed by atoms with E-state index in [1.165, 1.54) is 0 Å². The summed E-state index contributed by atoms with van der Waals surface area (Å²) in [5.41, 5.74) is 8.05. The fourth-order valence-corrected chi connectivity index (χ4v) is 2.33. The number of hydrogen-bond donors (Lipinski definition) is 2. The molecular weight excluding hydrogens is 290 g/mol. The Bertz CT molecular complexity index is 591. The standard InChI is InChI=1S/C16H17NO3.ClH/c17-16(13(18)8-11-4-2-1-3-5-11)12-6-7-14-15(9-12)20-10-19-14;/h1-7,9,13,16,18H,8,10,17H2;1H/t13-,16+;/m0./s1. The number of hydrogen-bond acceptors (Lipinski definition) is 4. The van der Waals surface area contributed by atoms with E-state index in [0.29, 0.717) is 12.2 Å². The molecular formula is C16H18ClNO3. The maximum atomic E-state index is 10.3. The average molecular weight is 308 g/mol. The highest BCUT2D eigenvalue weighted by atomic mass is 35.5. The van der Waals surface area contributed by atoms with Crippen molar-refractivity contribution >= 4 is 12.4 Å². The molecule has 0 saturated carbocycles. The van der Waals surface area contributed by atoms with Gasteiger partial charge in [0.25, 0.3) is 0 Å². The van der Waals surface area contributed by atoms with Gasteiger partial charge < -0.3 is 20.3 Å². The van der Waals surface area contributed by atoms with Gasteiger partial charge in [0.15, 0.2) is 11.5 Å². The van der Waals surface area contributed by atoms with E-state index in [1.54, 1.807) is 0 Å². The number of fused-ring (bicyclic) bond motifs is 1. The molecule has 2 aromatic rings. The lowest BCUT2D eigenvalue weighted by molar-refractivity contribution is 0.145. The van der Waals surface area contributed by atoms with Gasteiger partial charge in [-0.3, -0.25) is 0 Å². The van der Waals surface area contributed by atoms with Crippen molar-refractivity contribution in [2.75, 3.05) is 6.79 Å². The molecule has 0 aromatic heterocycles. The third kappa shape index (κ3) is 3.47. The van der Waals surface area contributed by atoms with Crippen molar-refractivity contribution in [2.45, 2.75) is 18.6 Å². The zero-order chi connectivity index (χ0) is 13.9. The molecule has 0 radical (unpaired) electrons. The van der Waals surface area contributed by atoms with Gasteiger partial charge >= 0.3 is 0 Å². The minimum atomic E-state index is -0.641. The minimum Gasteiger partial charge on any atom is -0.454 e. The first-order chi connectivity index (χ1) is 9.74. The Morgan fingerprint density at radius 3 is 2.52 bits per heavy atom. The second-order valence-electron chi connectivity index (χ2n) is 4.90. The van der Waals surface area contributed by atoms with E-state index in [1.807, 2.05) is 48.5 Å². The Morgan fingerprint density at radius 2 is 1.76 bits per heavy atom. The van der Waals surface area contributed by atoms with Crippen LogP contribution in [0.25, 0.3) is 0 Å². The Balaban J connectivity index is 0.00000161. The van der Waals surface area contributed by atoms with Gasteiger partial charge in [-0.05, 0) is 23.3 Å². The summed E-state index contributed by atoms with van der Waals surface area (Å²) in [5, 5.41) is 10.3. The van der Waals surface area contributed by atoms with Gasteiger partial charge in [0.1, 0.15) is 0 Å². The molecule has 112 valence electrons. The van der Waals surface area contributed by atoms with Gasteiger partial charge in [0.2, 0.25) is 6.79 Å². The summed E-state index contributed by atoms with van der Waals surface area (Å²) in [6.45, 7) is 0.237. The van der Waals surface area contributed by atoms with Crippen LogP contribution in [0.4, 0.5) is 0 Å². The zero-order valence-electron chi connectivity index (χ0n) is 11.4. The molecule has 0 aliphatic carbocycles. The van der Waals surface area contributed by atoms with Crippen LogP contribution in [0, 0.1) is 0 Å². The highest BCUT2D eigenvalue weighted by molar-refractivity contribution is 5.85. The smallest absolute Gasteiger partial charge is 0.231 e. The van der Waals surface area contributed by atoms with Gasteiger partial charge in [0.05, 0.1) is 12.1 Å². The molecule has 5 heteroatoms. The lowest BCUT2D eigenvalue weighted by Crippen LogP contribution is -2.28. The first-order valence-electron chi connectivity index (χ1n) is 6.61. The Kier molecular flexibility index (Phi) is 5.07. The van der Waals surface area contributed by atoms with Gasteiger partial charge in [-0.25, -0.2) is 0 Å². The summed E-state index contributed by atoms with van der Waals surface area (Å²) in [6.07, 6.45) is -0.117. The first kappa shape index (κ1) is 15.6. The highest BCUT2D eigenvalue weighted by Crippen LogP contribution is 2.34. The van der Waals surface area contributed by atoms with E-state index in [0.717, 1.165) is 16.9 Å². The monoisotopic (exact) mass is 307 g/mol. The first-order valence-corrected chi connectivity index (χ1v) is 6.61. The van der Waals surface area contributed by atoms with E-state index in [-0.39, 0.29) is 19.2 Å². The Morgan fingerprint density at radius 1 is 1.05 bits per heavy atom. The van der Waals surface area contributed by atoms with Crippen molar-refractivity contribution in [2.24, 2.45) is 5.73 Å². The molecule has 21 heavy (non-hydrogen) atoms. The quantitative estimate of drug-likeness (QED) is 0.910. The van der Waals surface area contributed by atoms with Gasteiger partial charge in [-0.1, -0.05) is 36.4 Å². The maximum absolute atomic E-state index is 10.3. The Hall–Kier alpha value is -1.75. The molecule has 3 N–H and O–H groups in total. The van der Waals surface area contributed by atoms with Crippen molar-refractivity contribution < 1.29 is 14.6 Å². The van der Waals surface area contributed by atoms with Crippen molar-refractivity contribution in [3.8, 4) is 11.5 Å². The second-order valence-corrected chi connectivity index (χ2v) is 4.90. The number of rotatable bonds is 4. The van der Waals surface area contributed by atoms with Crippen LogP contribution in [0.1, 0.15) is 17.2 Å². The van der Waals surface area contributed by atoms with E-state index < -0.39 is 12.1 Å². The van der Waals surface area contributed by atoms with Crippen molar-refractivity contribution in [3.05, 3.63) is 59.7 Å². The van der Waals surface area contributed by atoms with Gasteiger partial charge in [-0.15, -0.1) is 12.4 Å². The molecule has 1 heterocycles. The summed E-state index contributed by atoms with van der Waals surface area (Å²) in [7, 11) is 0. The largest absolute Gasteiger partial charge is 0.454 e. The summed E-state index contributed by atoms with van der Waals surface area (Å²) in [5.74, 6) is 1.41. The van der Waals surface area contributed by atoms with Crippen LogP contribution in [0.5, 0.6) is 11.5 Å². The van der Waals surface area contributed by atoms with Crippen LogP contribution >= 0.6 is 12.4 Å². The molecule has 0 spiro atoms. The molecule has 0 amide bonds. The predicted octanol–water partition coefficient (Wildman–Crippen LogP) is 2.44. The molecule has 1 aliphatic rings. The normalized spacial score (nSPS) is 15.1. The van der Waals surface area contributed by atoms with Crippen molar-refractivity contribution in [1.82, 2.24) is 0 Å². The Labute approximate surface area is 129 Å². The summed E-state index contributed by atoms with van der Waals surface area (Å²) >= 11 is 0. The third-order valence-electron chi connectivity index (χ3n) is 3.48. The summed E-state index contributed by atoms with van der Waals surface area (Å²) in [4.78, 5) is 0. The molecule has 2 atom stereocenters. The number of aliphatic hydroxyl groups is 1. The molecule has 0 saturated heterocycles. The van der Waals surface area contributed by atoms with Gasteiger partial charge in [-0.2, -0.15) is 0 Å². The maximum Gasteiger partial charge on any atom is 0.231 e. The number of benzene rings is 2. The molecule has 1 aliphatic heterocycles. The van der Waals surface area contributed by atoms with Crippen molar-refractivity contribution in [1.29, 1.82) is 0 Å². The van der Waals surface area contributed by atoms with E-state index in [4.69, 9.17) is 15.2 Å². The van der Waals surface area contributed by atoms with Crippen LogP contribution in [-0.4, -0.2) is 18.0 Å². The van der Waals surface area contributed by atoms with Crippen LogP contribution in [-0.2, 0) is 6.42 Å². The average Bonchev–Trinajstić information content (AvgIpc) is 2.94. The van der Waals surface area contributed by atoms with Crippen LogP contribution in [0.3, 0.4) is 0 Å². The number of aliphatic hydroxyl groups excluding tert-OH is 1. The van der Waals surface area contributed by atoms with E-state index in [2.05, 4.69) is 0 Å². The molecule has 0 unspecified atom stereocenters. The minimum absolute atomic E-state index is 0.